The Kier molecular flexibility index (Phi) is 5.37. The number of hydrogen-bond acceptors (Lipinski definition) is 1. The first-order chi connectivity index (χ1) is 2.00. The van der Waals surface area contributed by atoms with E-state index in [0.717, 1.165) is 0 Å². The first-order valence-corrected chi connectivity index (χ1v) is 2.35. The second-order valence-corrected chi connectivity index (χ2v) is 1.54. The van der Waals surface area contributed by atoms with Crippen LogP contribution in [0.2, 0.25) is 0 Å². The van der Waals surface area contributed by atoms with Gasteiger partial charge in [-0.3, -0.25) is 0 Å². The van der Waals surface area contributed by atoms with Gasteiger partial charge in [0, 0.05) is 29.9 Å². The SMILES string of the molecule is O=P(O)(O)O.[Np]. The van der Waals surface area contributed by atoms with Crippen LogP contribution in [-0.4, -0.2) is 14.7 Å². The Hall–Kier alpha value is 1.12. The fraction of sp³-hybridized carbons (Fsp3) is 0. The average molecular weight is 335 g/mol. The van der Waals surface area contributed by atoms with E-state index in [-0.39, 0.29) is 29.9 Å². The zero-order valence-corrected chi connectivity index (χ0v) is 7.26. The predicted molar refractivity (Wildman–Crippen MR) is 14.3 cm³/mol. The molecule has 0 aliphatic carbocycles. The fourth-order valence-corrected chi connectivity index (χ4v) is 0. The molecule has 0 spiro atoms. The predicted octanol–water partition coefficient (Wildman–Crippen LogP) is -0.929. The first-order valence-electron chi connectivity index (χ1n) is 0.783. The van der Waals surface area contributed by atoms with Crippen molar-refractivity contribution in [2.45, 2.75) is 0 Å². The van der Waals surface area contributed by atoms with Crippen LogP contribution in [0, 0.1) is 29.9 Å². The van der Waals surface area contributed by atoms with Crippen molar-refractivity contribution in [3.05, 3.63) is 0 Å². The van der Waals surface area contributed by atoms with Gasteiger partial charge in [-0.15, -0.1) is 0 Å². The third-order valence-corrected chi connectivity index (χ3v) is 0. The van der Waals surface area contributed by atoms with E-state index in [1.165, 1.54) is 0 Å². The third kappa shape index (κ3) is 69.1. The molecule has 3 N–H and O–H groups in total. The molecule has 0 aliphatic rings. The molecule has 6 heteroatoms. The minimum atomic E-state index is -4.64. The maximum absolute atomic E-state index is 8.88. The van der Waals surface area contributed by atoms with Crippen LogP contribution in [-0.2, 0) is 4.57 Å². The molecule has 0 aromatic rings. The first kappa shape index (κ1) is 10.2. The summed E-state index contributed by atoms with van der Waals surface area (Å²) in [6.07, 6.45) is 0. The van der Waals surface area contributed by atoms with E-state index in [1.807, 2.05) is 0 Å². The molecule has 0 saturated carbocycles. The third-order valence-electron chi connectivity index (χ3n) is 0. The van der Waals surface area contributed by atoms with Gasteiger partial charge in [-0.1, -0.05) is 0 Å². The summed E-state index contributed by atoms with van der Waals surface area (Å²) >= 11 is 0. The maximum atomic E-state index is 8.88. The Morgan fingerprint density at radius 2 is 1.17 bits per heavy atom. The molecule has 37 valence electrons. The minimum absolute atomic E-state index is 0. The van der Waals surface area contributed by atoms with E-state index < -0.39 is 7.82 Å². The molecule has 6 heavy (non-hydrogen) atoms. The quantitative estimate of drug-likeness (QED) is 0.500. The van der Waals surface area contributed by atoms with Crippen LogP contribution in [0.15, 0.2) is 0 Å². The Balaban J connectivity index is 0. The molecule has 0 amide bonds. The van der Waals surface area contributed by atoms with Gasteiger partial charge in [-0.2, -0.15) is 0 Å². The van der Waals surface area contributed by atoms with Crippen LogP contribution in [0.4, 0.5) is 0 Å². The molecule has 0 bridgehead atoms. The van der Waals surface area contributed by atoms with Crippen LogP contribution in [0.5, 0.6) is 0 Å². The van der Waals surface area contributed by atoms with Crippen molar-refractivity contribution in [1.29, 1.82) is 0 Å². The van der Waals surface area contributed by atoms with Crippen LogP contribution in [0.3, 0.4) is 0 Å². The number of rotatable bonds is 0. The van der Waals surface area contributed by atoms with Gasteiger partial charge in [0.15, 0.2) is 0 Å². The van der Waals surface area contributed by atoms with E-state index in [0.29, 0.717) is 0 Å². The summed E-state index contributed by atoms with van der Waals surface area (Å²) in [5, 5.41) is 0. The van der Waals surface area contributed by atoms with Crippen LogP contribution < -0.4 is 0 Å². The summed E-state index contributed by atoms with van der Waals surface area (Å²) in [6.45, 7) is 0. The molecular formula is H3NpO4P. The molecule has 0 unspecified atom stereocenters. The molecule has 0 heterocycles. The van der Waals surface area contributed by atoms with Gasteiger partial charge in [-0.05, 0) is 0 Å². The van der Waals surface area contributed by atoms with Crippen molar-refractivity contribution < 1.29 is 49.2 Å². The summed E-state index contributed by atoms with van der Waals surface area (Å²) < 4.78 is 8.88. The molecule has 0 saturated heterocycles. The van der Waals surface area contributed by atoms with Gasteiger partial charge in [0.25, 0.3) is 0 Å². The monoisotopic (exact) mass is 334 g/mol. The molecule has 0 fully saturated rings. The van der Waals surface area contributed by atoms with Gasteiger partial charge in [0.1, 0.15) is 0 Å². The smallest absolute Gasteiger partial charge is 0.303 e. The zero-order valence-electron chi connectivity index (χ0n) is 2.64. The van der Waals surface area contributed by atoms with Crippen molar-refractivity contribution >= 4 is 7.82 Å². The van der Waals surface area contributed by atoms with Crippen LogP contribution in [0.25, 0.3) is 0 Å². The Morgan fingerprint density at radius 3 is 1.17 bits per heavy atom. The van der Waals surface area contributed by atoms with E-state index in [1.54, 1.807) is 0 Å². The molecule has 0 aromatic heterocycles. The summed E-state index contributed by atoms with van der Waals surface area (Å²) in [4.78, 5) is 21.6. The number of hydrogen-bond donors (Lipinski definition) is 3. The van der Waals surface area contributed by atoms with Gasteiger partial charge >= 0.3 is 7.82 Å². The molecule has 0 aliphatic heterocycles. The number of phosphoric acid groups is 1. The van der Waals surface area contributed by atoms with Crippen molar-refractivity contribution in [2.75, 3.05) is 0 Å². The van der Waals surface area contributed by atoms with E-state index in [4.69, 9.17) is 19.2 Å². The van der Waals surface area contributed by atoms with E-state index >= 15 is 0 Å². The van der Waals surface area contributed by atoms with Crippen molar-refractivity contribution in [1.82, 2.24) is 0 Å². The average Bonchev–Trinajstić information content (AvgIpc) is 0.722. The summed E-state index contributed by atoms with van der Waals surface area (Å²) in [6, 6.07) is 0. The van der Waals surface area contributed by atoms with Crippen LogP contribution in [0.1, 0.15) is 0 Å². The topological polar surface area (TPSA) is 77.8 Å². The molecule has 4 nitrogen and oxygen atoms in total. The Labute approximate surface area is 57.1 Å². The van der Waals surface area contributed by atoms with E-state index in [2.05, 4.69) is 0 Å². The van der Waals surface area contributed by atoms with Crippen molar-refractivity contribution in [3.63, 3.8) is 0 Å². The van der Waals surface area contributed by atoms with Gasteiger partial charge in [0.05, 0.1) is 0 Å². The Bertz CT molecular complexity index is 53.7. The summed E-state index contributed by atoms with van der Waals surface area (Å²) in [7, 11) is -4.64. The molecule has 0 atom stereocenters. The Morgan fingerprint density at radius 1 is 1.17 bits per heavy atom. The summed E-state index contributed by atoms with van der Waals surface area (Å²) in [5.41, 5.74) is 0. The normalized spacial score (nSPS) is 9.83. The minimum Gasteiger partial charge on any atom is -0.303 e. The van der Waals surface area contributed by atoms with Crippen molar-refractivity contribution in [3.8, 4) is 0 Å². The standard InChI is InChI=1S/Np.H3O4P/c;1-5(2,3)4/h;(H3,1,2,3,4). The fourth-order valence-electron chi connectivity index (χ4n) is 0. The molecular weight excluding hydrogens is 332 g/mol. The zero-order chi connectivity index (χ0) is 4.50. The second kappa shape index (κ2) is 3.17. The maximum Gasteiger partial charge on any atom is 0.466 e. The van der Waals surface area contributed by atoms with Gasteiger partial charge in [-0.25, -0.2) is 4.57 Å². The van der Waals surface area contributed by atoms with Gasteiger partial charge in [0.2, 0.25) is 0 Å². The largest absolute Gasteiger partial charge is 0.466 e. The molecule has 0 aromatic carbocycles. The molecule has 1 radical (unpaired) electrons. The second-order valence-electron chi connectivity index (χ2n) is 0.513. The molecule has 0 rings (SSSR count). The summed E-state index contributed by atoms with van der Waals surface area (Å²) in [5.74, 6) is 0. The van der Waals surface area contributed by atoms with Crippen molar-refractivity contribution in [2.24, 2.45) is 0 Å². The van der Waals surface area contributed by atoms with E-state index in [9.17, 15) is 0 Å². The van der Waals surface area contributed by atoms with Crippen LogP contribution >= 0.6 is 7.82 Å². The van der Waals surface area contributed by atoms with Gasteiger partial charge < -0.3 is 14.7 Å².